The first-order valence-electron chi connectivity index (χ1n) is 6.57. The fourth-order valence-corrected chi connectivity index (χ4v) is 2.69. The van der Waals surface area contributed by atoms with E-state index >= 15 is 0 Å². The molecule has 2 heterocycles. The molecule has 0 saturated carbocycles. The molecule has 2 rings (SSSR count). The van der Waals surface area contributed by atoms with Gasteiger partial charge in [0.15, 0.2) is 11.5 Å². The predicted octanol–water partition coefficient (Wildman–Crippen LogP) is 1.25. The van der Waals surface area contributed by atoms with E-state index in [1.54, 1.807) is 26.5 Å². The number of hydrogen-bond acceptors (Lipinski definition) is 5. The number of carboxylic acids is 1. The quantitative estimate of drug-likeness (QED) is 0.875. The highest BCUT2D eigenvalue weighted by Crippen LogP contribution is 2.31. The maximum atomic E-state index is 11.1. The number of aliphatic carboxylic acids is 1. The molecule has 6 heteroatoms. The Bertz CT molecular complexity index is 492. The Labute approximate surface area is 118 Å². The number of methoxy groups -OCH3 is 2. The molecule has 6 nitrogen and oxygen atoms in total. The summed E-state index contributed by atoms with van der Waals surface area (Å²) in [5.41, 5.74) is 0.769. The second kappa shape index (κ2) is 6.09. The Morgan fingerprint density at radius 3 is 2.75 bits per heavy atom. The molecule has 0 radical (unpaired) electrons. The van der Waals surface area contributed by atoms with Gasteiger partial charge in [-0.1, -0.05) is 6.92 Å². The van der Waals surface area contributed by atoms with Gasteiger partial charge in [-0.15, -0.1) is 0 Å². The van der Waals surface area contributed by atoms with Crippen molar-refractivity contribution in [3.63, 3.8) is 0 Å². The number of ether oxygens (including phenoxy) is 2. The van der Waals surface area contributed by atoms with Crippen LogP contribution in [-0.4, -0.2) is 48.3 Å². The van der Waals surface area contributed by atoms with Crippen LogP contribution >= 0.6 is 0 Å². The van der Waals surface area contributed by atoms with Crippen LogP contribution in [0.3, 0.4) is 0 Å². The highest BCUT2D eigenvalue weighted by atomic mass is 16.5. The van der Waals surface area contributed by atoms with Crippen molar-refractivity contribution in [1.82, 2.24) is 9.88 Å². The highest BCUT2D eigenvalue weighted by Gasteiger charge is 2.35. The molecule has 2 atom stereocenters. The minimum Gasteiger partial charge on any atom is -0.493 e. The van der Waals surface area contributed by atoms with Gasteiger partial charge in [-0.3, -0.25) is 14.7 Å². The Hall–Kier alpha value is -1.82. The minimum atomic E-state index is -0.731. The molecule has 0 aromatic carbocycles. The van der Waals surface area contributed by atoms with Gasteiger partial charge in [-0.25, -0.2) is 0 Å². The predicted molar refractivity (Wildman–Crippen MR) is 72.9 cm³/mol. The fraction of sp³-hybridized carbons (Fsp3) is 0.571. The van der Waals surface area contributed by atoms with Crippen LogP contribution in [0.5, 0.6) is 11.5 Å². The average Bonchev–Trinajstić information content (AvgIpc) is 2.79. The maximum Gasteiger partial charge on any atom is 0.308 e. The van der Waals surface area contributed by atoms with Crippen molar-refractivity contribution >= 4 is 5.97 Å². The van der Waals surface area contributed by atoms with Gasteiger partial charge in [0, 0.05) is 31.9 Å². The van der Waals surface area contributed by atoms with Gasteiger partial charge in [0.25, 0.3) is 0 Å². The summed E-state index contributed by atoms with van der Waals surface area (Å²) in [7, 11) is 3.16. The zero-order valence-electron chi connectivity index (χ0n) is 12.0. The van der Waals surface area contributed by atoms with Crippen molar-refractivity contribution in [2.45, 2.75) is 13.5 Å². The summed E-state index contributed by atoms with van der Waals surface area (Å²) in [5, 5.41) is 9.16. The molecule has 1 aromatic heterocycles. The van der Waals surface area contributed by atoms with E-state index in [1.807, 2.05) is 6.92 Å². The smallest absolute Gasteiger partial charge is 0.308 e. The molecule has 0 aliphatic carbocycles. The molecular formula is C14H20N2O4. The van der Waals surface area contributed by atoms with Gasteiger partial charge in [-0.2, -0.15) is 0 Å². The zero-order valence-corrected chi connectivity index (χ0v) is 12.0. The van der Waals surface area contributed by atoms with Gasteiger partial charge in [0.2, 0.25) is 0 Å². The van der Waals surface area contributed by atoms with Crippen molar-refractivity contribution in [2.75, 3.05) is 27.3 Å². The first kappa shape index (κ1) is 14.6. The lowest BCUT2D eigenvalue weighted by atomic mass is 9.99. The van der Waals surface area contributed by atoms with Crippen LogP contribution < -0.4 is 9.47 Å². The summed E-state index contributed by atoms with van der Waals surface area (Å²) in [6, 6.07) is 1.75. The summed E-state index contributed by atoms with van der Waals surface area (Å²) in [5.74, 6) is 0.349. The number of likely N-dealkylation sites (tertiary alicyclic amines) is 1. The SMILES string of the molecule is COc1ccnc(CN2C[C@@H](C)[C@H](C(=O)O)C2)c1OC. The number of carboxylic acid groups (broad SMARTS) is 1. The topological polar surface area (TPSA) is 71.9 Å². The molecule has 20 heavy (non-hydrogen) atoms. The molecule has 1 aliphatic heterocycles. The minimum absolute atomic E-state index is 0.143. The average molecular weight is 280 g/mol. The summed E-state index contributed by atoms with van der Waals surface area (Å²) in [4.78, 5) is 17.6. The normalized spacial score (nSPS) is 22.8. The van der Waals surface area contributed by atoms with Crippen LogP contribution in [0.25, 0.3) is 0 Å². The lowest BCUT2D eigenvalue weighted by molar-refractivity contribution is -0.142. The fourth-order valence-electron chi connectivity index (χ4n) is 2.69. The molecule has 1 aliphatic rings. The lowest BCUT2D eigenvalue weighted by Crippen LogP contribution is -2.23. The van der Waals surface area contributed by atoms with E-state index in [1.165, 1.54) is 0 Å². The zero-order chi connectivity index (χ0) is 14.7. The Kier molecular flexibility index (Phi) is 4.44. The second-order valence-corrected chi connectivity index (χ2v) is 5.11. The van der Waals surface area contributed by atoms with E-state index < -0.39 is 5.97 Å². The van der Waals surface area contributed by atoms with E-state index in [4.69, 9.17) is 14.6 Å². The lowest BCUT2D eigenvalue weighted by Gasteiger charge is -2.17. The summed E-state index contributed by atoms with van der Waals surface area (Å²) in [6.45, 7) is 3.82. The third-order valence-corrected chi connectivity index (χ3v) is 3.74. The number of nitrogens with zero attached hydrogens (tertiary/aromatic N) is 2. The molecule has 0 unspecified atom stereocenters. The van der Waals surface area contributed by atoms with Crippen LogP contribution in [0.1, 0.15) is 12.6 Å². The van der Waals surface area contributed by atoms with Crippen molar-refractivity contribution in [3.8, 4) is 11.5 Å². The largest absolute Gasteiger partial charge is 0.493 e. The number of aromatic nitrogens is 1. The first-order valence-corrected chi connectivity index (χ1v) is 6.57. The Balaban J connectivity index is 2.13. The molecule has 1 fully saturated rings. The second-order valence-electron chi connectivity index (χ2n) is 5.11. The highest BCUT2D eigenvalue weighted by molar-refractivity contribution is 5.71. The van der Waals surface area contributed by atoms with Gasteiger partial charge in [-0.05, 0) is 5.92 Å². The number of carbonyl (C=O) groups is 1. The van der Waals surface area contributed by atoms with Crippen LogP contribution in [0.2, 0.25) is 0 Å². The van der Waals surface area contributed by atoms with Gasteiger partial charge < -0.3 is 14.6 Å². The summed E-state index contributed by atoms with van der Waals surface area (Å²) in [6.07, 6.45) is 1.67. The standard InChI is InChI=1S/C14H20N2O4/c1-9-6-16(7-10(9)14(17)18)8-11-13(20-3)12(19-2)4-5-15-11/h4-5,9-10H,6-8H2,1-3H3,(H,17,18)/t9-,10-/m1/s1. The Morgan fingerprint density at radius 1 is 1.45 bits per heavy atom. The number of hydrogen-bond donors (Lipinski definition) is 1. The van der Waals surface area contributed by atoms with E-state index in [2.05, 4.69) is 9.88 Å². The molecule has 1 N–H and O–H groups in total. The third kappa shape index (κ3) is 2.85. The van der Waals surface area contributed by atoms with E-state index in [0.29, 0.717) is 24.6 Å². The van der Waals surface area contributed by atoms with Crippen LogP contribution in [0.15, 0.2) is 12.3 Å². The van der Waals surface area contributed by atoms with Crippen LogP contribution in [0.4, 0.5) is 0 Å². The molecule has 0 amide bonds. The van der Waals surface area contributed by atoms with Crippen molar-refractivity contribution in [1.29, 1.82) is 0 Å². The van der Waals surface area contributed by atoms with E-state index in [0.717, 1.165) is 12.2 Å². The van der Waals surface area contributed by atoms with Crippen LogP contribution in [-0.2, 0) is 11.3 Å². The van der Waals surface area contributed by atoms with Crippen molar-refractivity contribution < 1.29 is 19.4 Å². The van der Waals surface area contributed by atoms with Gasteiger partial charge >= 0.3 is 5.97 Å². The van der Waals surface area contributed by atoms with Crippen molar-refractivity contribution in [3.05, 3.63) is 18.0 Å². The monoisotopic (exact) mass is 280 g/mol. The first-order chi connectivity index (χ1) is 9.56. The molecule has 110 valence electrons. The summed E-state index contributed by atoms with van der Waals surface area (Å²) >= 11 is 0. The van der Waals surface area contributed by atoms with E-state index in [9.17, 15) is 4.79 Å². The van der Waals surface area contributed by atoms with Gasteiger partial charge in [0.05, 0.1) is 20.1 Å². The maximum absolute atomic E-state index is 11.1. The molecule has 0 spiro atoms. The molecule has 0 bridgehead atoms. The number of rotatable bonds is 5. The molecule has 1 aromatic rings. The third-order valence-electron chi connectivity index (χ3n) is 3.74. The molecular weight excluding hydrogens is 260 g/mol. The van der Waals surface area contributed by atoms with E-state index in [-0.39, 0.29) is 11.8 Å². The van der Waals surface area contributed by atoms with Crippen LogP contribution in [0, 0.1) is 11.8 Å². The number of pyridine rings is 1. The van der Waals surface area contributed by atoms with Gasteiger partial charge in [0.1, 0.15) is 5.69 Å². The summed E-state index contributed by atoms with van der Waals surface area (Å²) < 4.78 is 10.6. The van der Waals surface area contributed by atoms with Crippen molar-refractivity contribution in [2.24, 2.45) is 11.8 Å². The Morgan fingerprint density at radius 2 is 2.20 bits per heavy atom. The molecule has 1 saturated heterocycles.